The number of nitrogens with zero attached hydrogens (tertiary/aromatic N) is 3. The summed E-state index contributed by atoms with van der Waals surface area (Å²) in [6.45, 7) is 5.66. The average molecular weight is 262 g/mol. The predicted octanol–water partition coefficient (Wildman–Crippen LogP) is 2.84. The maximum atomic E-state index is 4.38. The third kappa shape index (κ3) is 2.69. The van der Waals surface area contributed by atoms with Crippen molar-refractivity contribution >= 4 is 0 Å². The lowest BCUT2D eigenvalue weighted by Crippen LogP contribution is -2.36. The number of hydrogen-bond donors (Lipinski definition) is 1. The SMILES string of the molecule is CCC1CCC(NC(C)c2nnc3n2CCC3)CC1. The zero-order valence-electron chi connectivity index (χ0n) is 12.2. The molecule has 2 aliphatic rings. The molecule has 3 rings (SSSR count). The lowest BCUT2D eigenvalue weighted by Gasteiger charge is -2.30. The molecule has 1 unspecified atom stereocenters. The molecule has 0 radical (unpaired) electrons. The van der Waals surface area contributed by atoms with Gasteiger partial charge >= 0.3 is 0 Å². The van der Waals surface area contributed by atoms with E-state index in [4.69, 9.17) is 0 Å². The van der Waals surface area contributed by atoms with Gasteiger partial charge in [0.15, 0.2) is 0 Å². The minimum absolute atomic E-state index is 0.336. The van der Waals surface area contributed by atoms with Gasteiger partial charge in [-0.2, -0.15) is 0 Å². The van der Waals surface area contributed by atoms with Crippen LogP contribution < -0.4 is 5.32 Å². The molecule has 0 saturated heterocycles. The smallest absolute Gasteiger partial charge is 0.149 e. The minimum Gasteiger partial charge on any atom is -0.314 e. The van der Waals surface area contributed by atoms with E-state index in [1.54, 1.807) is 0 Å². The Morgan fingerprint density at radius 3 is 2.79 bits per heavy atom. The van der Waals surface area contributed by atoms with Crippen LogP contribution in [0.4, 0.5) is 0 Å². The zero-order chi connectivity index (χ0) is 13.2. The Hall–Kier alpha value is -0.900. The predicted molar refractivity (Wildman–Crippen MR) is 75.9 cm³/mol. The lowest BCUT2D eigenvalue weighted by atomic mass is 9.84. The van der Waals surface area contributed by atoms with Crippen LogP contribution in [0.3, 0.4) is 0 Å². The summed E-state index contributed by atoms with van der Waals surface area (Å²) in [5.74, 6) is 3.29. The Labute approximate surface area is 116 Å². The molecule has 1 aliphatic heterocycles. The molecule has 1 atom stereocenters. The Morgan fingerprint density at radius 1 is 1.26 bits per heavy atom. The van der Waals surface area contributed by atoms with Crippen LogP contribution in [0, 0.1) is 5.92 Å². The van der Waals surface area contributed by atoms with Crippen LogP contribution in [0.25, 0.3) is 0 Å². The maximum absolute atomic E-state index is 4.38. The molecular weight excluding hydrogens is 236 g/mol. The van der Waals surface area contributed by atoms with Gasteiger partial charge in [-0.05, 0) is 44.9 Å². The first kappa shape index (κ1) is 13.1. The van der Waals surface area contributed by atoms with E-state index in [1.165, 1.54) is 44.3 Å². The Morgan fingerprint density at radius 2 is 2.05 bits per heavy atom. The van der Waals surface area contributed by atoms with Crippen molar-refractivity contribution in [3.8, 4) is 0 Å². The second kappa shape index (κ2) is 5.61. The number of rotatable bonds is 4. The molecule has 1 saturated carbocycles. The van der Waals surface area contributed by atoms with Crippen molar-refractivity contribution in [1.29, 1.82) is 0 Å². The topological polar surface area (TPSA) is 42.7 Å². The quantitative estimate of drug-likeness (QED) is 0.907. The third-order valence-electron chi connectivity index (χ3n) is 4.94. The van der Waals surface area contributed by atoms with Crippen LogP contribution in [0.1, 0.15) is 70.1 Å². The van der Waals surface area contributed by atoms with Crippen molar-refractivity contribution in [1.82, 2.24) is 20.1 Å². The van der Waals surface area contributed by atoms with Crippen molar-refractivity contribution in [2.24, 2.45) is 5.92 Å². The second-order valence-electron chi connectivity index (χ2n) is 6.24. The molecule has 4 nitrogen and oxygen atoms in total. The highest BCUT2D eigenvalue weighted by molar-refractivity contribution is 5.04. The number of nitrogens with one attached hydrogen (secondary N) is 1. The van der Waals surface area contributed by atoms with Gasteiger partial charge in [-0.1, -0.05) is 13.3 Å². The lowest BCUT2D eigenvalue weighted by molar-refractivity contribution is 0.269. The summed E-state index contributed by atoms with van der Waals surface area (Å²) >= 11 is 0. The molecule has 0 spiro atoms. The summed E-state index contributed by atoms with van der Waals surface area (Å²) < 4.78 is 2.31. The molecule has 1 aliphatic carbocycles. The fraction of sp³-hybridized carbons (Fsp3) is 0.867. The van der Waals surface area contributed by atoms with E-state index in [-0.39, 0.29) is 0 Å². The van der Waals surface area contributed by atoms with Crippen molar-refractivity contribution in [3.63, 3.8) is 0 Å². The average Bonchev–Trinajstić information content (AvgIpc) is 3.01. The molecule has 1 aromatic heterocycles. The first-order chi connectivity index (χ1) is 9.28. The summed E-state index contributed by atoms with van der Waals surface area (Å²) in [7, 11) is 0. The molecule has 106 valence electrons. The van der Waals surface area contributed by atoms with Gasteiger partial charge in [-0.3, -0.25) is 0 Å². The van der Waals surface area contributed by atoms with E-state index in [1.807, 2.05) is 0 Å². The van der Waals surface area contributed by atoms with Crippen LogP contribution in [0.15, 0.2) is 0 Å². The van der Waals surface area contributed by atoms with Gasteiger partial charge in [-0.15, -0.1) is 10.2 Å². The van der Waals surface area contributed by atoms with Crippen molar-refractivity contribution in [2.75, 3.05) is 0 Å². The number of fused-ring (bicyclic) bond motifs is 1. The highest BCUT2D eigenvalue weighted by Gasteiger charge is 2.25. The van der Waals surface area contributed by atoms with E-state index in [2.05, 4.69) is 33.9 Å². The monoisotopic (exact) mass is 262 g/mol. The fourth-order valence-electron chi connectivity index (χ4n) is 3.66. The number of aryl methyl sites for hydroxylation is 1. The van der Waals surface area contributed by atoms with Crippen LogP contribution in [0.2, 0.25) is 0 Å². The van der Waals surface area contributed by atoms with Gasteiger partial charge in [0.2, 0.25) is 0 Å². The van der Waals surface area contributed by atoms with E-state index < -0.39 is 0 Å². The molecule has 4 heteroatoms. The van der Waals surface area contributed by atoms with E-state index in [9.17, 15) is 0 Å². The summed E-state index contributed by atoms with van der Waals surface area (Å²) in [5, 5.41) is 12.5. The van der Waals surface area contributed by atoms with Gasteiger partial charge in [0.1, 0.15) is 11.6 Å². The summed E-state index contributed by atoms with van der Waals surface area (Å²) in [4.78, 5) is 0. The highest BCUT2D eigenvalue weighted by Crippen LogP contribution is 2.28. The molecule has 1 aromatic rings. The second-order valence-corrected chi connectivity index (χ2v) is 6.24. The van der Waals surface area contributed by atoms with Crippen LogP contribution in [-0.4, -0.2) is 20.8 Å². The van der Waals surface area contributed by atoms with Crippen molar-refractivity contribution in [3.05, 3.63) is 11.6 Å². The molecule has 0 amide bonds. The maximum Gasteiger partial charge on any atom is 0.149 e. The largest absolute Gasteiger partial charge is 0.314 e. The number of aromatic nitrogens is 3. The Balaban J connectivity index is 1.58. The Kier molecular flexibility index (Phi) is 3.87. The molecule has 1 N–H and O–H groups in total. The number of hydrogen-bond acceptors (Lipinski definition) is 3. The highest BCUT2D eigenvalue weighted by atomic mass is 15.3. The fourth-order valence-corrected chi connectivity index (χ4v) is 3.66. The summed E-state index contributed by atoms with van der Waals surface area (Å²) in [6, 6.07) is 1.01. The molecular formula is C15H26N4. The normalized spacial score (nSPS) is 28.3. The van der Waals surface area contributed by atoms with Crippen LogP contribution in [0.5, 0.6) is 0 Å². The van der Waals surface area contributed by atoms with Crippen LogP contribution in [-0.2, 0) is 13.0 Å². The summed E-state index contributed by atoms with van der Waals surface area (Å²) in [5.41, 5.74) is 0. The summed E-state index contributed by atoms with van der Waals surface area (Å²) in [6.07, 6.45) is 9.10. The van der Waals surface area contributed by atoms with Crippen molar-refractivity contribution < 1.29 is 0 Å². The molecule has 2 heterocycles. The molecule has 0 bridgehead atoms. The Bertz CT molecular complexity index is 418. The van der Waals surface area contributed by atoms with Gasteiger partial charge in [0.05, 0.1) is 6.04 Å². The first-order valence-corrected chi connectivity index (χ1v) is 7.96. The van der Waals surface area contributed by atoms with Crippen LogP contribution >= 0.6 is 0 Å². The molecule has 19 heavy (non-hydrogen) atoms. The minimum atomic E-state index is 0.336. The molecule has 1 fully saturated rings. The first-order valence-electron chi connectivity index (χ1n) is 7.96. The van der Waals surface area contributed by atoms with Gasteiger partial charge < -0.3 is 9.88 Å². The van der Waals surface area contributed by atoms with E-state index >= 15 is 0 Å². The van der Waals surface area contributed by atoms with Crippen molar-refractivity contribution in [2.45, 2.75) is 77.4 Å². The van der Waals surface area contributed by atoms with E-state index in [0.29, 0.717) is 12.1 Å². The van der Waals surface area contributed by atoms with Gasteiger partial charge in [0, 0.05) is 19.0 Å². The van der Waals surface area contributed by atoms with Gasteiger partial charge in [0.25, 0.3) is 0 Å². The molecule has 0 aromatic carbocycles. The van der Waals surface area contributed by atoms with E-state index in [0.717, 1.165) is 24.7 Å². The zero-order valence-corrected chi connectivity index (χ0v) is 12.2. The third-order valence-corrected chi connectivity index (χ3v) is 4.94. The van der Waals surface area contributed by atoms with Gasteiger partial charge in [-0.25, -0.2) is 0 Å². The standard InChI is InChI=1S/C15H26N4/c1-3-12-6-8-13(9-7-12)16-11(2)15-18-17-14-5-4-10-19(14)15/h11-13,16H,3-10H2,1-2H3.